The smallest absolute Gasteiger partial charge is 0.241 e. The van der Waals surface area contributed by atoms with Gasteiger partial charge in [0.1, 0.15) is 4.83 Å². The van der Waals surface area contributed by atoms with Crippen LogP contribution in [-0.2, 0) is 9.59 Å². The highest BCUT2D eigenvalue weighted by atomic mass is 79.9. The molecule has 15 heavy (non-hydrogen) atoms. The molecule has 4 heteroatoms. The fourth-order valence-corrected chi connectivity index (χ4v) is 2.31. The molecule has 2 amide bonds. The van der Waals surface area contributed by atoms with E-state index in [1.54, 1.807) is 0 Å². The summed E-state index contributed by atoms with van der Waals surface area (Å²) in [6.07, 6.45) is 0. The number of alkyl halides is 1. The summed E-state index contributed by atoms with van der Waals surface area (Å²) in [6, 6.07) is 7.63. The molecule has 1 aromatic carbocycles. The van der Waals surface area contributed by atoms with Crippen molar-refractivity contribution in [2.45, 2.75) is 17.7 Å². The van der Waals surface area contributed by atoms with Crippen molar-refractivity contribution in [3.8, 4) is 0 Å². The highest BCUT2D eigenvalue weighted by Gasteiger charge is 2.40. The van der Waals surface area contributed by atoms with E-state index in [1.165, 1.54) is 0 Å². The van der Waals surface area contributed by atoms with Gasteiger partial charge >= 0.3 is 0 Å². The molecule has 0 aromatic heterocycles. The van der Waals surface area contributed by atoms with Crippen molar-refractivity contribution in [1.29, 1.82) is 0 Å². The van der Waals surface area contributed by atoms with Crippen molar-refractivity contribution >= 4 is 27.7 Å². The van der Waals surface area contributed by atoms with E-state index in [9.17, 15) is 9.59 Å². The van der Waals surface area contributed by atoms with Crippen LogP contribution in [0, 0.1) is 6.92 Å². The summed E-state index contributed by atoms with van der Waals surface area (Å²) in [7, 11) is 0. The van der Waals surface area contributed by atoms with E-state index in [2.05, 4.69) is 21.2 Å². The van der Waals surface area contributed by atoms with Crippen LogP contribution in [0.4, 0.5) is 0 Å². The third-order valence-corrected chi connectivity index (χ3v) is 3.45. The summed E-state index contributed by atoms with van der Waals surface area (Å²) in [6.45, 7) is 1.98. The second-order valence-electron chi connectivity index (χ2n) is 3.64. The summed E-state index contributed by atoms with van der Waals surface area (Å²) >= 11 is 3.23. The lowest BCUT2D eigenvalue weighted by Crippen LogP contribution is -2.22. The molecular formula is C11H10BrNO2. The fourth-order valence-electron chi connectivity index (χ4n) is 1.65. The Morgan fingerprint density at radius 3 is 2.20 bits per heavy atom. The molecular weight excluding hydrogens is 258 g/mol. The summed E-state index contributed by atoms with van der Waals surface area (Å²) < 4.78 is 0. The van der Waals surface area contributed by atoms with E-state index in [0.29, 0.717) is 0 Å². The highest BCUT2D eigenvalue weighted by Crippen LogP contribution is 2.29. The fraction of sp³-hybridized carbons (Fsp3) is 0.273. The second-order valence-corrected chi connectivity index (χ2v) is 4.63. The van der Waals surface area contributed by atoms with Crippen LogP contribution in [0.15, 0.2) is 24.3 Å². The quantitative estimate of drug-likeness (QED) is 0.619. The van der Waals surface area contributed by atoms with Gasteiger partial charge in [0.15, 0.2) is 0 Å². The Kier molecular flexibility index (Phi) is 2.61. The van der Waals surface area contributed by atoms with Gasteiger partial charge in [-0.1, -0.05) is 45.8 Å². The summed E-state index contributed by atoms with van der Waals surface area (Å²) in [4.78, 5) is 22.3. The van der Waals surface area contributed by atoms with Crippen LogP contribution in [0.3, 0.4) is 0 Å². The highest BCUT2D eigenvalue weighted by molar-refractivity contribution is 9.10. The molecule has 1 aromatic rings. The Morgan fingerprint density at radius 2 is 1.73 bits per heavy atom. The molecule has 78 valence electrons. The van der Waals surface area contributed by atoms with Crippen LogP contribution in [0.25, 0.3) is 0 Å². The summed E-state index contributed by atoms with van der Waals surface area (Å²) in [5.41, 5.74) is 2.00. The van der Waals surface area contributed by atoms with Crippen molar-refractivity contribution in [2.75, 3.05) is 0 Å². The molecule has 0 spiro atoms. The SMILES string of the molecule is Cc1ccc(C2C(=O)NC(=O)C2Br)cc1. The van der Waals surface area contributed by atoms with Crippen LogP contribution >= 0.6 is 15.9 Å². The van der Waals surface area contributed by atoms with E-state index in [1.807, 2.05) is 31.2 Å². The number of rotatable bonds is 1. The minimum absolute atomic E-state index is 0.231. The number of hydrogen-bond donors (Lipinski definition) is 1. The van der Waals surface area contributed by atoms with Crippen LogP contribution < -0.4 is 5.32 Å². The Hall–Kier alpha value is -1.16. The number of imide groups is 1. The Balaban J connectivity index is 2.34. The van der Waals surface area contributed by atoms with Crippen molar-refractivity contribution in [2.24, 2.45) is 0 Å². The van der Waals surface area contributed by atoms with E-state index >= 15 is 0 Å². The van der Waals surface area contributed by atoms with Crippen LogP contribution in [0.2, 0.25) is 0 Å². The molecule has 2 atom stereocenters. The zero-order valence-electron chi connectivity index (χ0n) is 8.16. The van der Waals surface area contributed by atoms with Gasteiger partial charge in [-0.3, -0.25) is 14.9 Å². The lowest BCUT2D eigenvalue weighted by Gasteiger charge is -2.09. The molecule has 3 nitrogen and oxygen atoms in total. The molecule has 2 rings (SSSR count). The minimum atomic E-state index is -0.451. The molecule has 0 bridgehead atoms. The van der Waals surface area contributed by atoms with Gasteiger partial charge < -0.3 is 0 Å². The van der Waals surface area contributed by atoms with Crippen LogP contribution in [0.1, 0.15) is 17.0 Å². The molecule has 0 aliphatic carbocycles. The molecule has 1 heterocycles. The maximum absolute atomic E-state index is 11.5. The maximum Gasteiger partial charge on any atom is 0.241 e. The number of hydrogen-bond acceptors (Lipinski definition) is 2. The predicted molar refractivity (Wildman–Crippen MR) is 59.8 cm³/mol. The molecule has 1 fully saturated rings. The van der Waals surface area contributed by atoms with Gasteiger partial charge in [0.25, 0.3) is 0 Å². The molecule has 1 saturated heterocycles. The van der Waals surface area contributed by atoms with Crippen molar-refractivity contribution < 1.29 is 9.59 Å². The van der Waals surface area contributed by atoms with Crippen molar-refractivity contribution in [1.82, 2.24) is 5.32 Å². The number of aryl methyl sites for hydroxylation is 1. The van der Waals surface area contributed by atoms with E-state index in [0.717, 1.165) is 11.1 Å². The average Bonchev–Trinajstić information content (AvgIpc) is 2.44. The molecule has 1 aliphatic rings. The standard InChI is InChI=1S/C11H10BrNO2/c1-6-2-4-7(5-3-6)8-9(12)11(15)13-10(8)14/h2-5,8-9H,1H3,(H,13,14,15). The van der Waals surface area contributed by atoms with Gasteiger partial charge in [0.05, 0.1) is 5.92 Å². The Morgan fingerprint density at radius 1 is 1.13 bits per heavy atom. The van der Waals surface area contributed by atoms with E-state index < -0.39 is 10.7 Å². The Bertz CT molecular complexity index is 413. The Labute approximate surface area is 96.0 Å². The third kappa shape index (κ3) is 1.81. The zero-order chi connectivity index (χ0) is 11.0. The first-order chi connectivity index (χ1) is 7.09. The number of carbonyl (C=O) groups excluding carboxylic acids is 2. The van der Waals surface area contributed by atoms with Gasteiger partial charge in [-0.15, -0.1) is 0 Å². The summed E-state index contributed by atoms with van der Waals surface area (Å²) in [5, 5.41) is 2.30. The summed E-state index contributed by atoms with van der Waals surface area (Å²) in [5.74, 6) is -0.894. The monoisotopic (exact) mass is 267 g/mol. The number of carbonyl (C=O) groups is 2. The van der Waals surface area contributed by atoms with E-state index in [4.69, 9.17) is 0 Å². The van der Waals surface area contributed by atoms with Gasteiger partial charge in [-0.25, -0.2) is 0 Å². The van der Waals surface area contributed by atoms with Gasteiger partial charge in [-0.05, 0) is 12.5 Å². The van der Waals surface area contributed by atoms with E-state index in [-0.39, 0.29) is 11.8 Å². The lowest BCUT2D eigenvalue weighted by molar-refractivity contribution is -0.125. The van der Waals surface area contributed by atoms with Crippen LogP contribution in [-0.4, -0.2) is 16.6 Å². The largest absolute Gasteiger partial charge is 0.295 e. The molecule has 0 saturated carbocycles. The number of amides is 2. The van der Waals surface area contributed by atoms with Gasteiger partial charge in [0.2, 0.25) is 11.8 Å². The second kappa shape index (κ2) is 3.77. The normalized spacial score (nSPS) is 25.5. The topological polar surface area (TPSA) is 46.2 Å². The molecule has 2 unspecified atom stereocenters. The van der Waals surface area contributed by atoms with Crippen molar-refractivity contribution in [3.63, 3.8) is 0 Å². The van der Waals surface area contributed by atoms with Crippen LogP contribution in [0.5, 0.6) is 0 Å². The minimum Gasteiger partial charge on any atom is -0.295 e. The van der Waals surface area contributed by atoms with Gasteiger partial charge in [-0.2, -0.15) is 0 Å². The van der Waals surface area contributed by atoms with Gasteiger partial charge in [0, 0.05) is 0 Å². The predicted octanol–water partition coefficient (Wildman–Crippen LogP) is 1.50. The first kappa shape index (κ1) is 10.4. The third-order valence-electron chi connectivity index (χ3n) is 2.51. The number of halogens is 1. The zero-order valence-corrected chi connectivity index (χ0v) is 9.74. The lowest BCUT2D eigenvalue weighted by atomic mass is 9.97. The number of benzene rings is 1. The number of nitrogens with one attached hydrogen (secondary N) is 1. The average molecular weight is 268 g/mol. The first-order valence-corrected chi connectivity index (χ1v) is 5.56. The first-order valence-electron chi connectivity index (χ1n) is 4.65. The van der Waals surface area contributed by atoms with Crippen molar-refractivity contribution in [3.05, 3.63) is 35.4 Å². The molecule has 1 aliphatic heterocycles. The maximum atomic E-state index is 11.5. The molecule has 0 radical (unpaired) electrons. The molecule has 1 N–H and O–H groups in total.